The van der Waals surface area contributed by atoms with Crippen LogP contribution in [0.5, 0.6) is 0 Å². The van der Waals surface area contributed by atoms with Gasteiger partial charge in [0.15, 0.2) is 6.20 Å². The standard InChI is InChI=1S/C19H28N2/c1-8-13-18(17-15-12-11-14-16(17)4)21(6,7)19(9-2)20(5)10-3/h8,10-15H,1,3,9H2,2,4-7H3/q+2/b18-13-,20-19?. The highest BCUT2D eigenvalue weighted by atomic mass is 15.4. The van der Waals surface area contributed by atoms with Crippen LogP contribution in [-0.2, 0) is 0 Å². The third-order valence-electron chi connectivity index (χ3n) is 3.94. The molecule has 0 aromatic heterocycles. The van der Waals surface area contributed by atoms with Gasteiger partial charge in [-0.3, -0.25) is 0 Å². The summed E-state index contributed by atoms with van der Waals surface area (Å²) in [6.07, 6.45) is 6.79. The SMILES string of the molecule is C=C/C=C(/c1ccccc1C)[N+](C)(C)C(CC)=[N+](C)C=C. The van der Waals surface area contributed by atoms with E-state index in [4.69, 9.17) is 0 Å². The second kappa shape index (κ2) is 7.19. The molecule has 0 aliphatic carbocycles. The maximum absolute atomic E-state index is 3.89. The van der Waals surface area contributed by atoms with Crippen molar-refractivity contribution in [2.75, 3.05) is 21.1 Å². The molecule has 0 saturated heterocycles. The van der Waals surface area contributed by atoms with Crippen LogP contribution in [0.2, 0.25) is 0 Å². The Bertz CT molecular complexity index is 589. The summed E-state index contributed by atoms with van der Waals surface area (Å²) in [5.74, 6) is 1.28. The molecule has 0 atom stereocenters. The van der Waals surface area contributed by atoms with E-state index in [1.807, 2.05) is 12.3 Å². The second-order valence-electron chi connectivity index (χ2n) is 5.62. The summed E-state index contributed by atoms with van der Waals surface area (Å²) in [5.41, 5.74) is 3.76. The fraction of sp³-hybridized carbons (Fsp3) is 0.316. The largest absolute Gasteiger partial charge is 0.347 e. The number of amidine groups is 1. The lowest BCUT2D eigenvalue weighted by atomic mass is 10.0. The fourth-order valence-corrected chi connectivity index (χ4v) is 2.83. The van der Waals surface area contributed by atoms with Gasteiger partial charge < -0.3 is 0 Å². The molecule has 2 nitrogen and oxygen atoms in total. The second-order valence-corrected chi connectivity index (χ2v) is 5.62. The van der Waals surface area contributed by atoms with E-state index in [0.29, 0.717) is 4.48 Å². The normalized spacial score (nSPS) is 13.7. The molecule has 1 aromatic rings. The molecule has 0 amide bonds. The van der Waals surface area contributed by atoms with Gasteiger partial charge in [-0.25, -0.2) is 4.48 Å². The van der Waals surface area contributed by atoms with Crippen LogP contribution < -0.4 is 0 Å². The Balaban J connectivity index is 3.55. The lowest BCUT2D eigenvalue weighted by molar-refractivity contribution is -0.751. The smallest absolute Gasteiger partial charge is 0.212 e. The first-order valence-electron chi connectivity index (χ1n) is 7.35. The highest BCUT2D eigenvalue weighted by Crippen LogP contribution is 2.28. The van der Waals surface area contributed by atoms with Crippen LogP contribution in [0.3, 0.4) is 0 Å². The van der Waals surface area contributed by atoms with Crippen LogP contribution in [0.4, 0.5) is 0 Å². The maximum atomic E-state index is 3.89. The number of hydrogen-bond donors (Lipinski definition) is 0. The number of rotatable bonds is 5. The average Bonchev–Trinajstić information content (AvgIpc) is 2.45. The van der Waals surface area contributed by atoms with Crippen molar-refractivity contribution in [1.82, 2.24) is 0 Å². The molecule has 21 heavy (non-hydrogen) atoms. The number of quaternary nitrogens is 1. The Morgan fingerprint density at radius 3 is 2.33 bits per heavy atom. The van der Waals surface area contributed by atoms with Crippen LogP contribution in [-0.4, -0.2) is 36.0 Å². The van der Waals surface area contributed by atoms with Crippen molar-refractivity contribution in [3.63, 3.8) is 0 Å². The van der Waals surface area contributed by atoms with Crippen LogP contribution in [0.1, 0.15) is 24.5 Å². The zero-order valence-electron chi connectivity index (χ0n) is 14.1. The summed E-state index contributed by atoms with van der Waals surface area (Å²) in [7, 11) is 6.47. The summed E-state index contributed by atoms with van der Waals surface area (Å²) in [6.45, 7) is 12.1. The summed E-state index contributed by atoms with van der Waals surface area (Å²) in [6, 6.07) is 8.48. The van der Waals surface area contributed by atoms with Gasteiger partial charge in [0, 0.05) is 5.56 Å². The van der Waals surface area contributed by atoms with E-state index in [1.165, 1.54) is 22.7 Å². The predicted octanol–water partition coefficient (Wildman–Crippen LogP) is 4.19. The lowest BCUT2D eigenvalue weighted by Crippen LogP contribution is -2.47. The van der Waals surface area contributed by atoms with Gasteiger partial charge in [-0.05, 0) is 38.1 Å². The van der Waals surface area contributed by atoms with Crippen molar-refractivity contribution >= 4 is 11.5 Å². The van der Waals surface area contributed by atoms with Gasteiger partial charge in [0.1, 0.15) is 12.7 Å². The predicted molar refractivity (Wildman–Crippen MR) is 93.1 cm³/mol. The molecule has 0 N–H and O–H groups in total. The van der Waals surface area contributed by atoms with Crippen molar-refractivity contribution < 1.29 is 9.06 Å². The Morgan fingerprint density at radius 2 is 1.86 bits per heavy atom. The minimum atomic E-state index is 0.676. The van der Waals surface area contributed by atoms with Crippen molar-refractivity contribution in [3.8, 4) is 0 Å². The van der Waals surface area contributed by atoms with Crippen molar-refractivity contribution in [2.24, 2.45) is 0 Å². The van der Waals surface area contributed by atoms with E-state index >= 15 is 0 Å². The Morgan fingerprint density at radius 1 is 1.24 bits per heavy atom. The minimum absolute atomic E-state index is 0.676. The molecule has 0 aliphatic heterocycles. The Hall–Kier alpha value is -1.93. The molecule has 2 heteroatoms. The topological polar surface area (TPSA) is 3.01 Å². The molecule has 112 valence electrons. The summed E-state index contributed by atoms with van der Waals surface area (Å²) >= 11 is 0. The first-order chi connectivity index (χ1) is 9.89. The molecular weight excluding hydrogens is 256 g/mol. The minimum Gasteiger partial charge on any atom is -0.212 e. The fourth-order valence-electron chi connectivity index (χ4n) is 2.83. The van der Waals surface area contributed by atoms with Crippen LogP contribution in [0.15, 0.2) is 55.8 Å². The lowest BCUT2D eigenvalue weighted by Gasteiger charge is -2.29. The van der Waals surface area contributed by atoms with E-state index < -0.39 is 0 Å². The van der Waals surface area contributed by atoms with E-state index in [1.54, 1.807) is 0 Å². The first kappa shape index (κ1) is 17.1. The summed E-state index contributed by atoms with van der Waals surface area (Å²) in [4.78, 5) is 0. The summed E-state index contributed by atoms with van der Waals surface area (Å²) < 4.78 is 2.78. The van der Waals surface area contributed by atoms with Gasteiger partial charge in [-0.1, -0.05) is 30.9 Å². The number of hydrogen-bond acceptors (Lipinski definition) is 0. The van der Waals surface area contributed by atoms with Gasteiger partial charge in [0.25, 0.3) is 0 Å². The molecule has 1 aromatic carbocycles. The Labute approximate surface area is 129 Å². The van der Waals surface area contributed by atoms with Gasteiger partial charge in [-0.2, -0.15) is 4.58 Å². The first-order valence-corrected chi connectivity index (χ1v) is 7.35. The molecule has 0 spiro atoms. The maximum Gasteiger partial charge on any atom is 0.347 e. The molecule has 0 saturated carbocycles. The molecule has 0 bridgehead atoms. The molecule has 0 radical (unpaired) electrons. The number of allylic oxidation sites excluding steroid dienone is 2. The van der Waals surface area contributed by atoms with E-state index in [0.717, 1.165) is 6.42 Å². The number of aryl methyl sites for hydroxylation is 1. The van der Waals surface area contributed by atoms with Crippen LogP contribution >= 0.6 is 0 Å². The quantitative estimate of drug-likeness (QED) is 0.251. The molecule has 0 fully saturated rings. The van der Waals surface area contributed by atoms with Gasteiger partial charge in [0.2, 0.25) is 0 Å². The number of benzene rings is 1. The van der Waals surface area contributed by atoms with Crippen molar-refractivity contribution in [1.29, 1.82) is 0 Å². The Kier molecular flexibility index (Phi) is 5.86. The zero-order valence-corrected chi connectivity index (χ0v) is 14.1. The van der Waals surface area contributed by atoms with E-state index in [9.17, 15) is 0 Å². The van der Waals surface area contributed by atoms with Crippen LogP contribution in [0.25, 0.3) is 5.70 Å². The van der Waals surface area contributed by atoms with Gasteiger partial charge in [0.05, 0.1) is 20.5 Å². The zero-order chi connectivity index (χ0) is 16.0. The molecule has 1 rings (SSSR count). The highest BCUT2D eigenvalue weighted by molar-refractivity contribution is 5.79. The van der Waals surface area contributed by atoms with E-state index in [2.05, 4.69) is 83.1 Å². The van der Waals surface area contributed by atoms with Crippen molar-refractivity contribution in [3.05, 3.63) is 66.9 Å². The molecule has 0 aliphatic rings. The summed E-state index contributed by atoms with van der Waals surface area (Å²) in [5, 5.41) is 0. The number of nitrogens with zero attached hydrogens (tertiary/aromatic N) is 2. The van der Waals surface area contributed by atoms with Gasteiger partial charge in [-0.15, -0.1) is 0 Å². The third kappa shape index (κ3) is 3.59. The molecule has 0 heterocycles. The van der Waals surface area contributed by atoms with Crippen molar-refractivity contribution in [2.45, 2.75) is 20.3 Å². The molecule has 0 unspecified atom stereocenters. The molecular formula is C19H28N2+2. The average molecular weight is 284 g/mol. The van der Waals surface area contributed by atoms with Crippen LogP contribution in [0, 0.1) is 6.92 Å². The van der Waals surface area contributed by atoms with Gasteiger partial charge >= 0.3 is 5.84 Å². The monoisotopic (exact) mass is 284 g/mol. The highest BCUT2D eigenvalue weighted by Gasteiger charge is 2.35. The third-order valence-corrected chi connectivity index (χ3v) is 3.94. The van der Waals surface area contributed by atoms with E-state index in [-0.39, 0.29) is 0 Å².